The summed E-state index contributed by atoms with van der Waals surface area (Å²) in [6.45, 7) is 2.70. The molecular weight excluding hydrogens is 453 g/mol. The summed E-state index contributed by atoms with van der Waals surface area (Å²) in [6.07, 6.45) is 1.32. The summed E-state index contributed by atoms with van der Waals surface area (Å²) in [6, 6.07) is 13.6. The van der Waals surface area contributed by atoms with E-state index in [9.17, 15) is 17.6 Å². The molecule has 1 atom stereocenters. The van der Waals surface area contributed by atoms with Gasteiger partial charge in [0.05, 0.1) is 17.4 Å². The molecule has 0 N–H and O–H groups in total. The molecule has 0 saturated carbocycles. The topological polar surface area (TPSA) is 60.9 Å². The van der Waals surface area contributed by atoms with E-state index in [1.807, 2.05) is 4.90 Å². The van der Waals surface area contributed by atoms with Crippen LogP contribution in [0.3, 0.4) is 0 Å². The molecule has 0 aliphatic carbocycles. The summed E-state index contributed by atoms with van der Waals surface area (Å²) in [5.74, 6) is -0.811. The van der Waals surface area contributed by atoms with Gasteiger partial charge >= 0.3 is 0 Å². The highest BCUT2D eigenvalue weighted by atomic mass is 35.5. The molecule has 9 heteroatoms. The van der Waals surface area contributed by atoms with Gasteiger partial charge in [-0.1, -0.05) is 41.9 Å². The Kier molecular flexibility index (Phi) is 7.02. The van der Waals surface area contributed by atoms with E-state index in [0.717, 1.165) is 0 Å². The summed E-state index contributed by atoms with van der Waals surface area (Å²) < 4.78 is 41.5. The number of amides is 1. The molecule has 0 spiro atoms. The van der Waals surface area contributed by atoms with Crippen molar-refractivity contribution in [3.8, 4) is 0 Å². The number of piperazine rings is 1. The van der Waals surface area contributed by atoms with E-state index < -0.39 is 10.0 Å². The van der Waals surface area contributed by atoms with Gasteiger partial charge in [-0.3, -0.25) is 4.79 Å². The Morgan fingerprint density at radius 3 is 2.41 bits per heavy atom. The van der Waals surface area contributed by atoms with Gasteiger partial charge in [0.2, 0.25) is 15.9 Å². The van der Waals surface area contributed by atoms with Crippen LogP contribution in [-0.4, -0.2) is 62.8 Å². The predicted octanol–water partition coefficient (Wildman–Crippen LogP) is 3.37. The normalized spacial score (nSPS) is 20.4. The number of hydrogen-bond donors (Lipinski definition) is 0. The van der Waals surface area contributed by atoms with Crippen LogP contribution < -0.4 is 4.90 Å². The zero-order chi connectivity index (χ0) is 22.7. The third-order valence-corrected chi connectivity index (χ3v) is 8.37. The number of halogens is 2. The van der Waals surface area contributed by atoms with Crippen molar-refractivity contribution in [3.63, 3.8) is 0 Å². The summed E-state index contributed by atoms with van der Waals surface area (Å²) in [5, 5.41) is 0.424. The molecule has 0 bridgehead atoms. The van der Waals surface area contributed by atoms with E-state index in [2.05, 4.69) is 0 Å². The maximum Gasteiger partial charge on any atom is 0.227 e. The number of rotatable bonds is 5. The highest BCUT2D eigenvalue weighted by Crippen LogP contribution is 2.26. The van der Waals surface area contributed by atoms with Gasteiger partial charge in [-0.25, -0.2) is 17.1 Å². The van der Waals surface area contributed by atoms with Crippen molar-refractivity contribution >= 4 is 33.2 Å². The first-order valence-electron chi connectivity index (χ1n) is 10.8. The zero-order valence-corrected chi connectivity index (χ0v) is 19.4. The van der Waals surface area contributed by atoms with E-state index in [0.29, 0.717) is 61.8 Å². The lowest BCUT2D eigenvalue weighted by atomic mass is 9.97. The van der Waals surface area contributed by atoms with Crippen molar-refractivity contribution in [2.75, 3.05) is 44.2 Å². The second kappa shape index (κ2) is 9.77. The minimum absolute atomic E-state index is 0.0178. The predicted molar refractivity (Wildman–Crippen MR) is 124 cm³/mol. The van der Waals surface area contributed by atoms with E-state index >= 15 is 0 Å². The zero-order valence-electron chi connectivity index (χ0n) is 17.8. The first kappa shape index (κ1) is 23.0. The third-order valence-electron chi connectivity index (χ3n) is 6.21. The van der Waals surface area contributed by atoms with Crippen LogP contribution in [0.1, 0.15) is 18.4 Å². The smallest absolute Gasteiger partial charge is 0.227 e. The number of anilines is 1. The number of sulfonamides is 1. The second-order valence-electron chi connectivity index (χ2n) is 8.31. The van der Waals surface area contributed by atoms with Crippen molar-refractivity contribution in [2.45, 2.75) is 18.6 Å². The summed E-state index contributed by atoms with van der Waals surface area (Å²) in [4.78, 5) is 16.9. The molecule has 2 aromatic rings. The maximum atomic E-state index is 14.1. The summed E-state index contributed by atoms with van der Waals surface area (Å²) in [7, 11) is -3.58. The molecule has 32 heavy (non-hydrogen) atoms. The van der Waals surface area contributed by atoms with Crippen molar-refractivity contribution < 1.29 is 17.6 Å². The van der Waals surface area contributed by atoms with Crippen LogP contribution >= 0.6 is 11.6 Å². The first-order valence-corrected chi connectivity index (χ1v) is 12.8. The number of carbonyl (C=O) groups is 1. The van der Waals surface area contributed by atoms with Gasteiger partial charge in [0.1, 0.15) is 5.82 Å². The van der Waals surface area contributed by atoms with Gasteiger partial charge in [0, 0.05) is 44.3 Å². The molecule has 0 radical (unpaired) electrons. The molecule has 2 aliphatic rings. The van der Waals surface area contributed by atoms with E-state index in [4.69, 9.17) is 11.6 Å². The summed E-state index contributed by atoms with van der Waals surface area (Å²) in [5.41, 5.74) is 1.11. The van der Waals surface area contributed by atoms with Gasteiger partial charge in [0.15, 0.2) is 0 Å². The van der Waals surface area contributed by atoms with Crippen molar-refractivity contribution in [3.05, 3.63) is 64.9 Å². The van der Waals surface area contributed by atoms with Crippen molar-refractivity contribution in [1.82, 2.24) is 9.21 Å². The van der Waals surface area contributed by atoms with Crippen molar-refractivity contribution in [2.24, 2.45) is 5.92 Å². The van der Waals surface area contributed by atoms with Crippen LogP contribution in [0.15, 0.2) is 48.5 Å². The monoisotopic (exact) mass is 479 g/mol. The summed E-state index contributed by atoms with van der Waals surface area (Å²) >= 11 is 6.14. The fraction of sp³-hybridized carbons (Fsp3) is 0.435. The maximum absolute atomic E-state index is 14.1. The minimum Gasteiger partial charge on any atom is -0.366 e. The number of piperidine rings is 1. The highest BCUT2D eigenvalue weighted by Gasteiger charge is 2.35. The molecule has 2 heterocycles. The Labute approximate surface area is 193 Å². The lowest BCUT2D eigenvalue weighted by Gasteiger charge is -2.39. The SMILES string of the molecule is O=C([C@@H]1CCCN(S(=O)(=O)Cc2ccccc2Cl)C1)N1CCN(c2ccccc2F)CC1. The fourth-order valence-electron chi connectivity index (χ4n) is 4.43. The molecule has 2 aromatic carbocycles. The van der Waals surface area contributed by atoms with Gasteiger partial charge < -0.3 is 9.80 Å². The van der Waals surface area contributed by atoms with Gasteiger partial charge in [-0.05, 0) is 36.6 Å². The Morgan fingerprint density at radius 2 is 1.69 bits per heavy atom. The lowest BCUT2D eigenvalue weighted by molar-refractivity contribution is -0.137. The van der Waals surface area contributed by atoms with E-state index in [-0.39, 0.29) is 29.9 Å². The average Bonchev–Trinajstić information content (AvgIpc) is 2.81. The van der Waals surface area contributed by atoms with Gasteiger partial charge in [0.25, 0.3) is 0 Å². The number of benzene rings is 2. The molecule has 2 saturated heterocycles. The van der Waals surface area contributed by atoms with Crippen LogP contribution in [0.2, 0.25) is 5.02 Å². The Balaban J connectivity index is 1.37. The number of hydrogen-bond acceptors (Lipinski definition) is 4. The number of carbonyl (C=O) groups excluding carboxylic acids is 1. The first-order chi connectivity index (χ1) is 15.3. The van der Waals surface area contributed by atoms with E-state index in [1.54, 1.807) is 47.4 Å². The molecule has 6 nitrogen and oxygen atoms in total. The Hall–Kier alpha value is -2.16. The minimum atomic E-state index is -3.58. The Morgan fingerprint density at radius 1 is 1.00 bits per heavy atom. The molecule has 0 unspecified atom stereocenters. The molecule has 0 aromatic heterocycles. The van der Waals surface area contributed by atoms with E-state index in [1.165, 1.54) is 10.4 Å². The molecular formula is C23H27ClFN3O3S. The van der Waals surface area contributed by atoms with Crippen LogP contribution in [0.5, 0.6) is 0 Å². The van der Waals surface area contributed by atoms with Gasteiger partial charge in [-0.2, -0.15) is 0 Å². The Bertz CT molecular complexity index is 1070. The lowest BCUT2D eigenvalue weighted by Crippen LogP contribution is -2.53. The molecule has 4 rings (SSSR count). The van der Waals surface area contributed by atoms with Crippen LogP contribution in [0, 0.1) is 11.7 Å². The number of nitrogens with zero attached hydrogens (tertiary/aromatic N) is 3. The molecule has 172 valence electrons. The highest BCUT2D eigenvalue weighted by molar-refractivity contribution is 7.88. The molecule has 2 fully saturated rings. The molecule has 1 amide bonds. The van der Waals surface area contributed by atoms with Crippen LogP contribution in [-0.2, 0) is 20.6 Å². The molecule has 2 aliphatic heterocycles. The van der Waals surface area contributed by atoms with Crippen LogP contribution in [0.25, 0.3) is 0 Å². The van der Waals surface area contributed by atoms with Crippen molar-refractivity contribution in [1.29, 1.82) is 0 Å². The average molecular weight is 480 g/mol. The van der Waals surface area contributed by atoms with Gasteiger partial charge in [-0.15, -0.1) is 0 Å². The largest absolute Gasteiger partial charge is 0.366 e. The number of para-hydroxylation sites is 1. The third kappa shape index (κ3) is 5.08. The fourth-order valence-corrected chi connectivity index (χ4v) is 6.36. The van der Waals surface area contributed by atoms with Crippen LogP contribution in [0.4, 0.5) is 10.1 Å². The quantitative estimate of drug-likeness (QED) is 0.659. The second-order valence-corrected chi connectivity index (χ2v) is 10.7. The standard InChI is InChI=1S/C23H27ClFN3O3S/c24-20-8-2-1-6-19(20)17-32(30,31)28-11-5-7-18(16-28)23(29)27-14-12-26(13-15-27)22-10-4-3-9-21(22)25/h1-4,6,8-10,18H,5,7,11-17H2/t18-/m1/s1.